The molecule has 8 heteroatoms. The number of benzene rings is 1. The Balaban J connectivity index is 1.69. The number of ether oxygens (including phenoxy) is 1. The summed E-state index contributed by atoms with van der Waals surface area (Å²) < 4.78 is 7.59. The summed E-state index contributed by atoms with van der Waals surface area (Å²) in [6.07, 6.45) is 7.46. The Hall–Kier alpha value is -2.64. The van der Waals surface area contributed by atoms with Crippen LogP contribution >= 0.6 is 11.6 Å². The van der Waals surface area contributed by atoms with Gasteiger partial charge in [-0.25, -0.2) is 9.97 Å². The number of rotatable bonds is 7. The van der Waals surface area contributed by atoms with Crippen LogP contribution in [0.15, 0.2) is 36.9 Å². The van der Waals surface area contributed by atoms with Gasteiger partial charge in [0.05, 0.1) is 48.2 Å². The maximum atomic E-state index is 10.7. The van der Waals surface area contributed by atoms with Gasteiger partial charge in [0.25, 0.3) is 0 Å². The highest BCUT2D eigenvalue weighted by molar-refractivity contribution is 6.35. The smallest absolute Gasteiger partial charge is 0.305 e. The molecule has 29 heavy (non-hydrogen) atoms. The second-order valence-electron chi connectivity index (χ2n) is 7.32. The van der Waals surface area contributed by atoms with E-state index in [-0.39, 0.29) is 19.1 Å². The van der Waals surface area contributed by atoms with Gasteiger partial charge < -0.3 is 19.3 Å². The van der Waals surface area contributed by atoms with Crippen molar-refractivity contribution < 1.29 is 14.6 Å². The Morgan fingerprint density at radius 1 is 1.38 bits per heavy atom. The molecule has 3 heterocycles. The average molecular weight is 415 g/mol. The lowest BCUT2D eigenvalue weighted by Crippen LogP contribution is -2.34. The van der Waals surface area contributed by atoms with Gasteiger partial charge in [-0.1, -0.05) is 11.6 Å². The topological polar surface area (TPSA) is 80.5 Å². The molecule has 2 aromatic heterocycles. The summed E-state index contributed by atoms with van der Waals surface area (Å²) in [7, 11) is 0. The van der Waals surface area contributed by atoms with Gasteiger partial charge in [0, 0.05) is 30.4 Å². The maximum absolute atomic E-state index is 10.7. The molecule has 0 spiro atoms. The molecule has 4 rings (SSSR count). The van der Waals surface area contributed by atoms with E-state index in [0.717, 1.165) is 47.4 Å². The summed E-state index contributed by atoms with van der Waals surface area (Å²) in [5.41, 5.74) is 2.81. The summed E-state index contributed by atoms with van der Waals surface area (Å²) in [6.45, 7) is 3.59. The lowest BCUT2D eigenvalue weighted by molar-refractivity contribution is -0.138. The van der Waals surface area contributed by atoms with Gasteiger partial charge in [0.15, 0.2) is 0 Å². The minimum atomic E-state index is -0.848. The molecule has 0 amide bonds. The Bertz CT molecular complexity index is 1020. The van der Waals surface area contributed by atoms with Gasteiger partial charge in [0.2, 0.25) is 0 Å². The van der Waals surface area contributed by atoms with E-state index in [1.807, 2.05) is 23.8 Å². The molecule has 1 saturated heterocycles. The zero-order chi connectivity index (χ0) is 20.4. The van der Waals surface area contributed by atoms with Crippen LogP contribution in [0.4, 0.5) is 5.82 Å². The summed E-state index contributed by atoms with van der Waals surface area (Å²) in [5.74, 6) is -0.00401. The molecule has 0 saturated carbocycles. The number of fused-ring (bicyclic) bond motifs is 1. The number of nitrogens with zero attached hydrogens (tertiary/aromatic N) is 4. The molecule has 0 radical (unpaired) electrons. The molecule has 3 aromatic rings. The van der Waals surface area contributed by atoms with E-state index < -0.39 is 5.97 Å². The van der Waals surface area contributed by atoms with Crippen molar-refractivity contribution in [2.24, 2.45) is 0 Å². The fourth-order valence-corrected chi connectivity index (χ4v) is 4.16. The molecule has 7 nitrogen and oxygen atoms in total. The number of carboxylic acid groups (broad SMARTS) is 1. The van der Waals surface area contributed by atoms with Crippen molar-refractivity contribution in [3.63, 3.8) is 0 Å². The summed E-state index contributed by atoms with van der Waals surface area (Å²) in [4.78, 5) is 22.0. The van der Waals surface area contributed by atoms with Crippen LogP contribution in [0.3, 0.4) is 0 Å². The highest BCUT2D eigenvalue weighted by atomic mass is 35.5. The molecule has 1 aliphatic heterocycles. The first-order valence-corrected chi connectivity index (χ1v) is 10.1. The van der Waals surface area contributed by atoms with Crippen LogP contribution in [0, 0.1) is 6.92 Å². The Morgan fingerprint density at radius 2 is 2.24 bits per heavy atom. The van der Waals surface area contributed by atoms with Gasteiger partial charge in [-0.05, 0) is 37.5 Å². The van der Waals surface area contributed by atoms with Crippen molar-refractivity contribution in [2.45, 2.75) is 32.2 Å². The molecule has 1 fully saturated rings. The third-order valence-corrected chi connectivity index (χ3v) is 5.49. The summed E-state index contributed by atoms with van der Waals surface area (Å²) >= 11 is 6.56. The third-order valence-electron chi connectivity index (χ3n) is 5.20. The van der Waals surface area contributed by atoms with E-state index in [2.05, 4.69) is 22.0 Å². The van der Waals surface area contributed by atoms with Crippen molar-refractivity contribution in [1.29, 1.82) is 0 Å². The lowest BCUT2D eigenvalue weighted by Gasteiger charge is -2.27. The number of halogens is 1. The van der Waals surface area contributed by atoms with Crippen molar-refractivity contribution >= 4 is 34.3 Å². The van der Waals surface area contributed by atoms with Crippen molar-refractivity contribution in [2.75, 3.05) is 24.7 Å². The summed E-state index contributed by atoms with van der Waals surface area (Å²) in [6, 6.07) is 6.24. The zero-order valence-corrected chi connectivity index (χ0v) is 17.0. The second kappa shape index (κ2) is 8.39. The van der Waals surface area contributed by atoms with Gasteiger partial charge in [-0.15, -0.1) is 0 Å². The minimum Gasteiger partial charge on any atom is -0.481 e. The molecule has 1 N–H and O–H groups in total. The fraction of sp³-hybridized carbons (Fsp3) is 0.381. The van der Waals surface area contributed by atoms with Crippen molar-refractivity contribution in [3.8, 4) is 5.69 Å². The number of imidazole rings is 1. The van der Waals surface area contributed by atoms with Gasteiger partial charge in [-0.3, -0.25) is 4.79 Å². The van der Waals surface area contributed by atoms with E-state index in [9.17, 15) is 4.79 Å². The molecule has 1 aromatic carbocycles. The monoisotopic (exact) mass is 414 g/mol. The first kappa shape index (κ1) is 19.7. The molecule has 1 atom stereocenters. The van der Waals surface area contributed by atoms with E-state index in [4.69, 9.17) is 26.4 Å². The van der Waals surface area contributed by atoms with Crippen LogP contribution in [-0.4, -0.2) is 51.4 Å². The molecule has 0 unspecified atom stereocenters. The van der Waals surface area contributed by atoms with Crippen molar-refractivity contribution in [3.05, 3.63) is 47.5 Å². The summed E-state index contributed by atoms with van der Waals surface area (Å²) in [5, 5.41) is 10.4. The molecular weight excluding hydrogens is 392 g/mol. The molecule has 0 aliphatic carbocycles. The lowest BCUT2D eigenvalue weighted by atomic mass is 10.1. The molecule has 152 valence electrons. The fourth-order valence-electron chi connectivity index (χ4n) is 3.84. The van der Waals surface area contributed by atoms with E-state index in [0.29, 0.717) is 11.6 Å². The first-order chi connectivity index (χ1) is 14.0. The zero-order valence-electron chi connectivity index (χ0n) is 16.2. The number of hydrogen-bond donors (Lipinski definition) is 1. The van der Waals surface area contributed by atoms with Gasteiger partial charge in [-0.2, -0.15) is 0 Å². The van der Waals surface area contributed by atoms with Crippen LogP contribution in [0.5, 0.6) is 0 Å². The number of hydrogen-bond acceptors (Lipinski definition) is 5. The maximum Gasteiger partial charge on any atom is 0.305 e. The Morgan fingerprint density at radius 3 is 3.00 bits per heavy atom. The van der Waals surface area contributed by atoms with Gasteiger partial charge >= 0.3 is 5.97 Å². The Kier molecular flexibility index (Phi) is 5.69. The average Bonchev–Trinajstić information content (AvgIpc) is 3.36. The van der Waals surface area contributed by atoms with Gasteiger partial charge in [0.1, 0.15) is 5.82 Å². The number of carboxylic acids is 1. The second-order valence-corrected chi connectivity index (χ2v) is 7.73. The quantitative estimate of drug-likeness (QED) is 0.591. The molecule has 0 bridgehead atoms. The van der Waals surface area contributed by atoms with E-state index >= 15 is 0 Å². The highest BCUT2D eigenvalue weighted by Gasteiger charge is 2.27. The third kappa shape index (κ3) is 4.21. The standard InChI is InChI=1S/C21H23ClN4O3/c1-14-9-16-18(25-7-5-23-13-25)11-19(24-21(16)17(22)10-14)26-6-2-3-15(26)12-29-8-4-20(27)28/h5,7,9-11,13,15H,2-4,6,8,12H2,1H3,(H,27,28)/t15-/m0/s1. The number of aromatic nitrogens is 3. The van der Waals surface area contributed by atoms with Crippen LogP contribution in [0.25, 0.3) is 16.6 Å². The minimum absolute atomic E-state index is 0.0146. The number of anilines is 1. The van der Waals surface area contributed by atoms with Crippen LogP contribution in [0.2, 0.25) is 5.02 Å². The normalized spacial score (nSPS) is 16.6. The number of pyridine rings is 1. The predicted molar refractivity (Wildman–Crippen MR) is 112 cm³/mol. The van der Waals surface area contributed by atoms with Crippen LogP contribution in [0.1, 0.15) is 24.8 Å². The van der Waals surface area contributed by atoms with E-state index in [1.165, 1.54) is 0 Å². The highest BCUT2D eigenvalue weighted by Crippen LogP contribution is 2.34. The Labute approximate surface area is 173 Å². The largest absolute Gasteiger partial charge is 0.481 e. The number of aryl methyl sites for hydroxylation is 1. The van der Waals surface area contributed by atoms with E-state index in [1.54, 1.807) is 12.5 Å². The first-order valence-electron chi connectivity index (χ1n) is 9.68. The predicted octanol–water partition coefficient (Wildman–Crippen LogP) is 3.84. The number of carbonyl (C=O) groups is 1. The SMILES string of the molecule is Cc1cc(Cl)c2nc(N3CCC[C@H]3COCCC(=O)O)cc(-n3ccnc3)c2c1. The van der Waals surface area contributed by atoms with Crippen LogP contribution < -0.4 is 4.90 Å². The molecule has 1 aliphatic rings. The number of aliphatic carboxylic acids is 1. The molecular formula is C21H23ClN4O3. The van der Waals surface area contributed by atoms with Crippen molar-refractivity contribution in [1.82, 2.24) is 14.5 Å². The van der Waals surface area contributed by atoms with Crippen LogP contribution in [-0.2, 0) is 9.53 Å².